The van der Waals surface area contributed by atoms with Crippen molar-refractivity contribution >= 4 is 0 Å². The van der Waals surface area contributed by atoms with Crippen molar-refractivity contribution in [2.24, 2.45) is 0 Å². The Morgan fingerprint density at radius 2 is 2.00 bits per heavy atom. The van der Waals surface area contributed by atoms with Crippen molar-refractivity contribution in [1.82, 2.24) is 5.32 Å². The van der Waals surface area contributed by atoms with Crippen LogP contribution in [0.1, 0.15) is 37.8 Å². The lowest BCUT2D eigenvalue weighted by Crippen LogP contribution is -2.45. The van der Waals surface area contributed by atoms with E-state index in [-0.39, 0.29) is 6.10 Å². The Morgan fingerprint density at radius 3 is 2.53 bits per heavy atom. The minimum atomic E-state index is -0.0734. The van der Waals surface area contributed by atoms with Crippen molar-refractivity contribution in [3.63, 3.8) is 0 Å². The van der Waals surface area contributed by atoms with Crippen molar-refractivity contribution in [3.05, 3.63) is 35.9 Å². The molecule has 0 bridgehead atoms. The van der Waals surface area contributed by atoms with Crippen LogP contribution in [0.15, 0.2) is 30.3 Å². The molecule has 1 aromatic rings. The summed E-state index contributed by atoms with van der Waals surface area (Å²) in [4.78, 5) is 0. The van der Waals surface area contributed by atoms with Gasteiger partial charge in [0.25, 0.3) is 0 Å². The summed E-state index contributed by atoms with van der Waals surface area (Å²) in [6, 6.07) is 11.5. The van der Waals surface area contributed by atoms with Gasteiger partial charge in [0, 0.05) is 12.1 Å². The van der Waals surface area contributed by atoms with Gasteiger partial charge < -0.3 is 10.4 Å². The monoisotopic (exact) mass is 205 g/mol. The van der Waals surface area contributed by atoms with Gasteiger partial charge >= 0.3 is 0 Å². The van der Waals surface area contributed by atoms with Crippen molar-refractivity contribution in [2.45, 2.75) is 44.4 Å². The van der Waals surface area contributed by atoms with E-state index in [1.54, 1.807) is 0 Å². The highest BCUT2D eigenvalue weighted by molar-refractivity contribution is 5.19. The molecular formula is C13H19NO. The Labute approximate surface area is 91.3 Å². The summed E-state index contributed by atoms with van der Waals surface area (Å²) in [5, 5.41) is 12.8. The first kappa shape index (κ1) is 10.7. The largest absolute Gasteiger partial charge is 0.393 e. The number of hydrogen-bond donors (Lipinski definition) is 2. The summed E-state index contributed by atoms with van der Waals surface area (Å²) < 4.78 is 0. The molecule has 0 heterocycles. The van der Waals surface area contributed by atoms with Gasteiger partial charge in [-0.15, -0.1) is 0 Å². The SMILES string of the molecule is CCC(NC1CC(O)C1)c1ccccc1. The third kappa shape index (κ3) is 2.58. The molecule has 1 saturated carbocycles. The number of aliphatic hydroxyl groups excluding tert-OH is 1. The van der Waals surface area contributed by atoms with Crippen LogP contribution in [-0.2, 0) is 0 Å². The standard InChI is InChI=1S/C13H19NO/c1-2-13(10-6-4-3-5-7-10)14-11-8-12(15)9-11/h3-7,11-15H,2,8-9H2,1H3. The van der Waals surface area contributed by atoms with E-state index < -0.39 is 0 Å². The topological polar surface area (TPSA) is 32.3 Å². The molecule has 1 unspecified atom stereocenters. The summed E-state index contributed by atoms with van der Waals surface area (Å²) in [6.07, 6.45) is 2.83. The molecule has 1 aromatic carbocycles. The average molecular weight is 205 g/mol. The highest BCUT2D eigenvalue weighted by Gasteiger charge is 2.28. The molecular weight excluding hydrogens is 186 g/mol. The molecule has 0 saturated heterocycles. The van der Waals surface area contributed by atoms with Crippen molar-refractivity contribution in [2.75, 3.05) is 0 Å². The molecule has 0 aromatic heterocycles. The summed E-state index contributed by atoms with van der Waals surface area (Å²) in [5.74, 6) is 0. The highest BCUT2D eigenvalue weighted by atomic mass is 16.3. The highest BCUT2D eigenvalue weighted by Crippen LogP contribution is 2.25. The molecule has 15 heavy (non-hydrogen) atoms. The maximum absolute atomic E-state index is 9.23. The number of aliphatic hydroxyl groups is 1. The normalized spacial score (nSPS) is 27.1. The lowest BCUT2D eigenvalue weighted by molar-refractivity contribution is 0.0574. The van der Waals surface area contributed by atoms with Crippen molar-refractivity contribution in [3.8, 4) is 0 Å². The third-order valence-corrected chi connectivity index (χ3v) is 3.16. The van der Waals surface area contributed by atoms with Crippen LogP contribution in [0.25, 0.3) is 0 Å². The molecule has 2 N–H and O–H groups in total. The quantitative estimate of drug-likeness (QED) is 0.790. The molecule has 0 amide bonds. The smallest absolute Gasteiger partial charge is 0.0570 e. The second-order valence-corrected chi connectivity index (χ2v) is 4.36. The molecule has 0 spiro atoms. The van der Waals surface area contributed by atoms with Gasteiger partial charge in [0.05, 0.1) is 6.10 Å². The van der Waals surface area contributed by atoms with E-state index in [1.165, 1.54) is 5.56 Å². The second kappa shape index (κ2) is 4.77. The third-order valence-electron chi connectivity index (χ3n) is 3.16. The lowest BCUT2D eigenvalue weighted by Gasteiger charge is -2.35. The van der Waals surface area contributed by atoms with Gasteiger partial charge in [-0.3, -0.25) is 0 Å². The van der Waals surface area contributed by atoms with E-state index in [9.17, 15) is 5.11 Å². The van der Waals surface area contributed by atoms with E-state index in [1.807, 2.05) is 6.07 Å². The van der Waals surface area contributed by atoms with Crippen molar-refractivity contribution < 1.29 is 5.11 Å². The van der Waals surface area contributed by atoms with E-state index in [0.29, 0.717) is 12.1 Å². The first-order chi connectivity index (χ1) is 7.29. The summed E-state index contributed by atoms with van der Waals surface area (Å²) in [7, 11) is 0. The molecule has 0 aliphatic heterocycles. The lowest BCUT2D eigenvalue weighted by atomic mass is 9.88. The van der Waals surface area contributed by atoms with E-state index in [4.69, 9.17) is 0 Å². The number of rotatable bonds is 4. The minimum Gasteiger partial charge on any atom is -0.393 e. The van der Waals surface area contributed by atoms with Gasteiger partial charge in [-0.2, -0.15) is 0 Å². The number of nitrogens with one attached hydrogen (secondary N) is 1. The van der Waals surface area contributed by atoms with Crippen LogP contribution >= 0.6 is 0 Å². The van der Waals surface area contributed by atoms with Gasteiger partial charge in [-0.05, 0) is 24.8 Å². The van der Waals surface area contributed by atoms with Crippen LogP contribution in [0.2, 0.25) is 0 Å². The fraction of sp³-hybridized carbons (Fsp3) is 0.538. The Hall–Kier alpha value is -0.860. The zero-order valence-corrected chi connectivity index (χ0v) is 9.19. The van der Waals surface area contributed by atoms with Crippen LogP contribution in [0.3, 0.4) is 0 Å². The summed E-state index contributed by atoms with van der Waals surface area (Å²) >= 11 is 0. The Balaban J connectivity index is 1.93. The predicted octanol–water partition coefficient (Wildman–Crippen LogP) is 2.25. The van der Waals surface area contributed by atoms with Crippen LogP contribution in [0.4, 0.5) is 0 Å². The Kier molecular flexibility index (Phi) is 3.39. The fourth-order valence-electron chi connectivity index (χ4n) is 2.14. The zero-order valence-electron chi connectivity index (χ0n) is 9.19. The molecule has 1 atom stereocenters. The zero-order chi connectivity index (χ0) is 10.7. The van der Waals surface area contributed by atoms with Gasteiger partial charge in [0.2, 0.25) is 0 Å². The van der Waals surface area contributed by atoms with Crippen LogP contribution in [-0.4, -0.2) is 17.3 Å². The molecule has 1 aliphatic rings. The minimum absolute atomic E-state index is 0.0734. The Morgan fingerprint density at radius 1 is 1.33 bits per heavy atom. The maximum atomic E-state index is 9.23. The average Bonchev–Trinajstić information content (AvgIpc) is 2.24. The van der Waals surface area contributed by atoms with E-state index >= 15 is 0 Å². The first-order valence-electron chi connectivity index (χ1n) is 5.78. The second-order valence-electron chi connectivity index (χ2n) is 4.36. The Bertz CT molecular complexity index is 293. The first-order valence-corrected chi connectivity index (χ1v) is 5.78. The number of benzene rings is 1. The van der Waals surface area contributed by atoms with Gasteiger partial charge in [0.1, 0.15) is 0 Å². The molecule has 82 valence electrons. The molecule has 1 aliphatic carbocycles. The summed E-state index contributed by atoms with van der Waals surface area (Å²) in [6.45, 7) is 2.19. The molecule has 2 heteroatoms. The van der Waals surface area contributed by atoms with Crippen LogP contribution < -0.4 is 5.32 Å². The molecule has 1 fully saturated rings. The predicted molar refractivity (Wildman–Crippen MR) is 61.6 cm³/mol. The van der Waals surface area contributed by atoms with E-state index in [2.05, 4.69) is 36.5 Å². The van der Waals surface area contributed by atoms with Crippen molar-refractivity contribution in [1.29, 1.82) is 0 Å². The summed E-state index contributed by atoms with van der Waals surface area (Å²) in [5.41, 5.74) is 1.35. The number of hydrogen-bond acceptors (Lipinski definition) is 2. The van der Waals surface area contributed by atoms with E-state index in [0.717, 1.165) is 19.3 Å². The maximum Gasteiger partial charge on any atom is 0.0570 e. The van der Waals surface area contributed by atoms with Crippen LogP contribution in [0, 0.1) is 0 Å². The molecule has 2 nitrogen and oxygen atoms in total. The molecule has 0 radical (unpaired) electrons. The van der Waals surface area contributed by atoms with Gasteiger partial charge in [0.15, 0.2) is 0 Å². The van der Waals surface area contributed by atoms with Crippen LogP contribution in [0.5, 0.6) is 0 Å². The fourth-order valence-corrected chi connectivity index (χ4v) is 2.14. The van der Waals surface area contributed by atoms with Gasteiger partial charge in [-0.1, -0.05) is 37.3 Å². The molecule has 2 rings (SSSR count). The van der Waals surface area contributed by atoms with Gasteiger partial charge in [-0.25, -0.2) is 0 Å².